The van der Waals surface area contributed by atoms with Crippen LogP contribution in [0.15, 0.2) is 23.7 Å². The maximum absolute atomic E-state index is 11.5. The molecule has 1 aromatic rings. The fourth-order valence-electron chi connectivity index (χ4n) is 2.49. The van der Waals surface area contributed by atoms with Gasteiger partial charge in [0.05, 0.1) is 23.4 Å². The molecule has 0 saturated carbocycles. The minimum atomic E-state index is -0.999. The minimum absolute atomic E-state index is 0.218. The Morgan fingerprint density at radius 1 is 1.22 bits per heavy atom. The van der Waals surface area contributed by atoms with Crippen molar-refractivity contribution in [1.82, 2.24) is 0 Å². The van der Waals surface area contributed by atoms with Crippen LogP contribution >= 0.6 is 0 Å². The van der Waals surface area contributed by atoms with E-state index in [4.69, 9.17) is 9.31 Å². The average molecular weight is 318 g/mol. The molecule has 124 valence electrons. The second kappa shape index (κ2) is 6.11. The van der Waals surface area contributed by atoms with Crippen molar-refractivity contribution in [2.75, 3.05) is 6.61 Å². The monoisotopic (exact) mass is 318 g/mol. The van der Waals surface area contributed by atoms with Gasteiger partial charge in [0, 0.05) is 0 Å². The van der Waals surface area contributed by atoms with E-state index in [1.54, 1.807) is 31.2 Å². The molecule has 6 heteroatoms. The van der Waals surface area contributed by atoms with Crippen molar-refractivity contribution >= 4 is 19.2 Å². The van der Waals surface area contributed by atoms with Crippen LogP contribution in [-0.4, -0.2) is 41.1 Å². The van der Waals surface area contributed by atoms with Gasteiger partial charge in [-0.05, 0) is 51.2 Å². The zero-order chi connectivity index (χ0) is 17.4. The van der Waals surface area contributed by atoms with Crippen molar-refractivity contribution < 1.29 is 24.3 Å². The first-order valence-electron chi connectivity index (χ1n) is 7.59. The fraction of sp³-hybridized carbons (Fsp3) is 0.471. The van der Waals surface area contributed by atoms with Crippen LogP contribution in [0.2, 0.25) is 0 Å². The lowest BCUT2D eigenvalue weighted by Crippen LogP contribution is -2.41. The molecule has 2 rings (SSSR count). The van der Waals surface area contributed by atoms with E-state index in [1.807, 2.05) is 27.7 Å². The Labute approximate surface area is 137 Å². The molecule has 0 spiro atoms. The Bertz CT molecular complexity index is 632. The van der Waals surface area contributed by atoms with Gasteiger partial charge in [-0.1, -0.05) is 24.3 Å². The van der Waals surface area contributed by atoms with Crippen LogP contribution in [0.1, 0.15) is 49.2 Å². The first kappa shape index (κ1) is 17.7. The number of benzene rings is 1. The summed E-state index contributed by atoms with van der Waals surface area (Å²) in [6, 6.07) is 5.23. The first-order chi connectivity index (χ1) is 10.6. The van der Waals surface area contributed by atoms with E-state index in [0.29, 0.717) is 16.6 Å². The predicted octanol–water partition coefficient (Wildman–Crippen LogP) is 2.70. The van der Waals surface area contributed by atoms with Gasteiger partial charge in [-0.15, -0.1) is 0 Å². The van der Waals surface area contributed by atoms with E-state index in [0.717, 1.165) is 0 Å². The number of aromatic carboxylic acids is 1. The van der Waals surface area contributed by atoms with Gasteiger partial charge >= 0.3 is 13.1 Å². The number of carboxylic acid groups (broad SMARTS) is 1. The third kappa shape index (κ3) is 3.34. The Balaban J connectivity index is 2.42. The third-order valence-corrected chi connectivity index (χ3v) is 4.60. The molecular weight excluding hydrogens is 295 g/mol. The Morgan fingerprint density at radius 2 is 1.78 bits per heavy atom. The summed E-state index contributed by atoms with van der Waals surface area (Å²) >= 11 is 0. The summed E-state index contributed by atoms with van der Waals surface area (Å²) in [5, 5.41) is 19.1. The normalized spacial score (nSPS) is 19.9. The molecule has 1 aliphatic heterocycles. The number of rotatable bonds is 4. The molecule has 0 radical (unpaired) electrons. The number of carbonyl (C=O) groups is 1. The van der Waals surface area contributed by atoms with Crippen LogP contribution in [0.3, 0.4) is 0 Å². The lowest BCUT2D eigenvalue weighted by molar-refractivity contribution is 0.00578. The lowest BCUT2D eigenvalue weighted by Gasteiger charge is -2.32. The van der Waals surface area contributed by atoms with Crippen LogP contribution in [0, 0.1) is 6.92 Å². The molecule has 0 atom stereocenters. The van der Waals surface area contributed by atoms with Gasteiger partial charge in [0.25, 0.3) is 0 Å². The molecule has 2 N–H and O–H groups in total. The summed E-state index contributed by atoms with van der Waals surface area (Å²) in [4.78, 5) is 11.5. The van der Waals surface area contributed by atoms with Gasteiger partial charge in [0.1, 0.15) is 0 Å². The van der Waals surface area contributed by atoms with E-state index in [9.17, 15) is 15.0 Å². The zero-order valence-electron chi connectivity index (χ0n) is 14.2. The van der Waals surface area contributed by atoms with Gasteiger partial charge in [0.2, 0.25) is 0 Å². The number of aryl methyl sites for hydroxylation is 1. The standard InChI is InChI=1S/C17H23BO5/c1-11-7-6-8-12(14(11)15(20)21)9-13(10-19)18-22-16(2,3)17(4,5)23-18/h6-9,19H,10H2,1-5H3,(H,20,21). The molecule has 1 saturated heterocycles. The van der Waals surface area contributed by atoms with Gasteiger partial charge in [-0.3, -0.25) is 0 Å². The number of carboxylic acids is 1. The SMILES string of the molecule is Cc1cccc(C=C(CO)B2OC(C)(C)C(C)(C)O2)c1C(=O)O. The number of hydrogen-bond acceptors (Lipinski definition) is 4. The van der Waals surface area contributed by atoms with Crippen molar-refractivity contribution in [3.63, 3.8) is 0 Å². The van der Waals surface area contributed by atoms with Crippen molar-refractivity contribution in [1.29, 1.82) is 0 Å². The lowest BCUT2D eigenvalue weighted by atomic mass is 9.77. The summed E-state index contributed by atoms with van der Waals surface area (Å²) in [7, 11) is -0.702. The molecule has 5 nitrogen and oxygen atoms in total. The largest absolute Gasteiger partial charge is 0.492 e. The summed E-state index contributed by atoms with van der Waals surface area (Å²) in [6.45, 7) is 9.18. The summed E-state index contributed by atoms with van der Waals surface area (Å²) in [6.07, 6.45) is 1.64. The highest BCUT2D eigenvalue weighted by Crippen LogP contribution is 2.38. The quantitative estimate of drug-likeness (QED) is 0.835. The van der Waals surface area contributed by atoms with Crippen LogP contribution < -0.4 is 0 Å². The Hall–Kier alpha value is -1.63. The molecule has 1 aromatic carbocycles. The highest BCUT2D eigenvalue weighted by molar-refractivity contribution is 6.55. The second-order valence-corrected chi connectivity index (χ2v) is 6.81. The van der Waals surface area contributed by atoms with E-state index in [1.165, 1.54) is 0 Å². The van der Waals surface area contributed by atoms with E-state index >= 15 is 0 Å². The molecule has 1 aliphatic rings. The molecule has 23 heavy (non-hydrogen) atoms. The third-order valence-electron chi connectivity index (χ3n) is 4.60. The molecule has 0 amide bonds. The number of aliphatic hydroxyl groups is 1. The van der Waals surface area contributed by atoms with E-state index < -0.39 is 24.3 Å². The first-order valence-corrected chi connectivity index (χ1v) is 7.59. The van der Waals surface area contributed by atoms with Crippen LogP contribution in [-0.2, 0) is 9.31 Å². The van der Waals surface area contributed by atoms with Gasteiger partial charge in [-0.25, -0.2) is 4.79 Å². The summed E-state index contributed by atoms with van der Waals surface area (Å²) in [5.41, 5.74) is 0.864. The second-order valence-electron chi connectivity index (χ2n) is 6.81. The highest BCUT2D eigenvalue weighted by atomic mass is 16.7. The van der Waals surface area contributed by atoms with Crippen LogP contribution in [0.25, 0.3) is 6.08 Å². The summed E-state index contributed by atoms with van der Waals surface area (Å²) < 4.78 is 11.8. The molecule has 1 heterocycles. The Morgan fingerprint density at radius 3 is 2.26 bits per heavy atom. The summed E-state index contributed by atoms with van der Waals surface area (Å²) in [5.74, 6) is -0.999. The number of aliphatic hydroxyl groups excluding tert-OH is 1. The van der Waals surface area contributed by atoms with Gasteiger partial charge in [-0.2, -0.15) is 0 Å². The molecule has 0 unspecified atom stereocenters. The van der Waals surface area contributed by atoms with Crippen LogP contribution in [0.5, 0.6) is 0 Å². The van der Waals surface area contributed by atoms with Gasteiger partial charge < -0.3 is 19.5 Å². The maximum atomic E-state index is 11.5. The molecule has 0 bridgehead atoms. The molecule has 0 aliphatic carbocycles. The molecule has 1 fully saturated rings. The van der Waals surface area contributed by atoms with Crippen molar-refractivity contribution in [2.45, 2.75) is 45.8 Å². The van der Waals surface area contributed by atoms with Gasteiger partial charge in [0.15, 0.2) is 0 Å². The average Bonchev–Trinajstić information content (AvgIpc) is 2.64. The maximum Gasteiger partial charge on any atom is 0.492 e. The van der Waals surface area contributed by atoms with Crippen molar-refractivity contribution in [2.24, 2.45) is 0 Å². The van der Waals surface area contributed by atoms with E-state index in [-0.39, 0.29) is 12.2 Å². The number of hydrogen-bond donors (Lipinski definition) is 2. The fourth-order valence-corrected chi connectivity index (χ4v) is 2.49. The zero-order valence-corrected chi connectivity index (χ0v) is 14.2. The van der Waals surface area contributed by atoms with Crippen molar-refractivity contribution in [3.05, 3.63) is 40.4 Å². The highest BCUT2D eigenvalue weighted by Gasteiger charge is 2.52. The van der Waals surface area contributed by atoms with Crippen LogP contribution in [0.4, 0.5) is 0 Å². The predicted molar refractivity (Wildman–Crippen MR) is 89.3 cm³/mol. The topological polar surface area (TPSA) is 76.0 Å². The van der Waals surface area contributed by atoms with Crippen molar-refractivity contribution in [3.8, 4) is 0 Å². The minimum Gasteiger partial charge on any atom is -0.478 e. The Kier molecular flexibility index (Phi) is 4.71. The smallest absolute Gasteiger partial charge is 0.478 e. The van der Waals surface area contributed by atoms with E-state index in [2.05, 4.69) is 0 Å². The molecule has 0 aromatic heterocycles. The molecular formula is C17H23BO5.